The van der Waals surface area contributed by atoms with Crippen molar-refractivity contribution in [3.8, 4) is 0 Å². The van der Waals surface area contributed by atoms with E-state index in [-0.39, 0.29) is 17.9 Å². The lowest BCUT2D eigenvalue weighted by Crippen LogP contribution is -2.30. The number of carbonyl (C=O) groups excluding carboxylic acids is 1. The van der Waals surface area contributed by atoms with Crippen molar-refractivity contribution < 1.29 is 4.79 Å². The van der Waals surface area contributed by atoms with E-state index in [2.05, 4.69) is 25.2 Å². The summed E-state index contributed by atoms with van der Waals surface area (Å²) in [4.78, 5) is 14.1. The van der Waals surface area contributed by atoms with Crippen LogP contribution in [0.25, 0.3) is 0 Å². The van der Waals surface area contributed by atoms with Crippen molar-refractivity contribution in [2.24, 2.45) is 5.92 Å². The van der Waals surface area contributed by atoms with Crippen molar-refractivity contribution in [3.63, 3.8) is 0 Å². The first-order chi connectivity index (χ1) is 6.91. The van der Waals surface area contributed by atoms with Gasteiger partial charge in [0.15, 0.2) is 0 Å². The quantitative estimate of drug-likeness (QED) is 0.841. The molecule has 1 atom stereocenters. The van der Waals surface area contributed by atoms with Gasteiger partial charge in [-0.1, -0.05) is 13.8 Å². The average molecular weight is 225 g/mol. The fourth-order valence-corrected chi connectivity index (χ4v) is 2.56. The Labute approximate surface area is 95.7 Å². The number of aryl methyl sites for hydroxylation is 2. The zero-order valence-corrected chi connectivity index (χ0v) is 10.9. The number of thiophene rings is 1. The number of rotatable bonds is 3. The first-order valence-electron chi connectivity index (χ1n) is 5.29. The van der Waals surface area contributed by atoms with Crippen LogP contribution >= 0.6 is 11.3 Å². The standard InChI is InChI=1S/C12H19NOS/c1-7(2)12(14)13-9(4)11-6-8(3)15-10(11)5/h6-7,9H,1-5H3,(H,13,14). The number of nitrogens with one attached hydrogen (secondary N) is 1. The normalized spacial score (nSPS) is 12.9. The van der Waals surface area contributed by atoms with Crippen LogP contribution < -0.4 is 5.32 Å². The second kappa shape index (κ2) is 4.79. The average Bonchev–Trinajstić information content (AvgIpc) is 2.44. The van der Waals surface area contributed by atoms with Crippen LogP contribution in [0.3, 0.4) is 0 Å². The molecule has 0 aliphatic rings. The number of carbonyl (C=O) groups is 1. The third kappa shape index (κ3) is 3.06. The molecule has 1 amide bonds. The van der Waals surface area contributed by atoms with E-state index in [0.29, 0.717) is 0 Å². The maximum atomic E-state index is 11.5. The molecule has 3 heteroatoms. The van der Waals surface area contributed by atoms with Crippen molar-refractivity contribution in [1.29, 1.82) is 0 Å². The zero-order chi connectivity index (χ0) is 11.6. The van der Waals surface area contributed by atoms with Crippen molar-refractivity contribution in [1.82, 2.24) is 5.32 Å². The molecule has 0 bridgehead atoms. The SMILES string of the molecule is Cc1cc(C(C)NC(=O)C(C)C)c(C)s1. The van der Waals surface area contributed by atoms with Crippen LogP contribution in [0.5, 0.6) is 0 Å². The minimum atomic E-state index is 0.0486. The van der Waals surface area contributed by atoms with Crippen LogP contribution in [0, 0.1) is 19.8 Å². The van der Waals surface area contributed by atoms with Gasteiger partial charge in [-0.3, -0.25) is 4.79 Å². The number of hydrogen-bond donors (Lipinski definition) is 1. The Balaban J connectivity index is 2.73. The van der Waals surface area contributed by atoms with Gasteiger partial charge in [-0.15, -0.1) is 11.3 Å². The van der Waals surface area contributed by atoms with E-state index in [4.69, 9.17) is 0 Å². The maximum absolute atomic E-state index is 11.5. The smallest absolute Gasteiger partial charge is 0.223 e. The fourth-order valence-electron chi connectivity index (χ4n) is 1.54. The fraction of sp³-hybridized carbons (Fsp3) is 0.583. The van der Waals surface area contributed by atoms with Crippen molar-refractivity contribution in [2.45, 2.75) is 40.7 Å². The van der Waals surface area contributed by atoms with Crippen molar-refractivity contribution in [2.75, 3.05) is 0 Å². The van der Waals surface area contributed by atoms with Crippen LogP contribution in [-0.4, -0.2) is 5.91 Å². The third-order valence-corrected chi connectivity index (χ3v) is 3.41. The van der Waals surface area contributed by atoms with Gasteiger partial charge in [0, 0.05) is 15.7 Å². The van der Waals surface area contributed by atoms with Crippen molar-refractivity contribution in [3.05, 3.63) is 21.4 Å². The molecule has 1 aromatic heterocycles. The molecule has 84 valence electrons. The Morgan fingerprint density at radius 3 is 2.33 bits per heavy atom. The molecule has 1 rings (SSSR count). The largest absolute Gasteiger partial charge is 0.349 e. The molecule has 0 radical (unpaired) electrons. The minimum Gasteiger partial charge on any atom is -0.349 e. The van der Waals surface area contributed by atoms with Crippen LogP contribution in [-0.2, 0) is 4.79 Å². The molecule has 0 aliphatic heterocycles. The predicted molar refractivity (Wildman–Crippen MR) is 65.2 cm³/mol. The monoisotopic (exact) mass is 225 g/mol. The van der Waals surface area contributed by atoms with Gasteiger partial charge in [0.25, 0.3) is 0 Å². The van der Waals surface area contributed by atoms with E-state index >= 15 is 0 Å². The zero-order valence-electron chi connectivity index (χ0n) is 10.0. The summed E-state index contributed by atoms with van der Waals surface area (Å²) in [6, 6.07) is 2.27. The predicted octanol–water partition coefficient (Wildman–Crippen LogP) is 3.20. The van der Waals surface area contributed by atoms with E-state index in [1.165, 1.54) is 15.3 Å². The van der Waals surface area contributed by atoms with E-state index in [9.17, 15) is 4.79 Å². The summed E-state index contributed by atoms with van der Waals surface area (Å²) in [7, 11) is 0. The van der Waals surface area contributed by atoms with Gasteiger partial charge in [-0.25, -0.2) is 0 Å². The topological polar surface area (TPSA) is 29.1 Å². The lowest BCUT2D eigenvalue weighted by Gasteiger charge is -2.15. The van der Waals surface area contributed by atoms with E-state index in [0.717, 1.165) is 0 Å². The van der Waals surface area contributed by atoms with Crippen LogP contribution in [0.4, 0.5) is 0 Å². The first-order valence-corrected chi connectivity index (χ1v) is 6.10. The van der Waals surface area contributed by atoms with Gasteiger partial charge in [0.2, 0.25) is 5.91 Å². The highest BCUT2D eigenvalue weighted by molar-refractivity contribution is 7.12. The van der Waals surface area contributed by atoms with E-state index < -0.39 is 0 Å². The number of amides is 1. The van der Waals surface area contributed by atoms with E-state index in [1.54, 1.807) is 11.3 Å². The Hall–Kier alpha value is -0.830. The van der Waals surface area contributed by atoms with Gasteiger partial charge in [0.05, 0.1) is 6.04 Å². The second-order valence-electron chi connectivity index (χ2n) is 4.25. The lowest BCUT2D eigenvalue weighted by molar-refractivity contribution is -0.124. The highest BCUT2D eigenvalue weighted by Gasteiger charge is 2.15. The molecular formula is C12H19NOS. The van der Waals surface area contributed by atoms with Gasteiger partial charge in [0.1, 0.15) is 0 Å². The van der Waals surface area contributed by atoms with Gasteiger partial charge >= 0.3 is 0 Å². The molecule has 0 spiro atoms. The Morgan fingerprint density at radius 2 is 1.93 bits per heavy atom. The summed E-state index contributed by atoms with van der Waals surface area (Å²) < 4.78 is 0. The molecule has 0 fully saturated rings. The van der Waals surface area contributed by atoms with Gasteiger partial charge < -0.3 is 5.32 Å². The summed E-state index contributed by atoms with van der Waals surface area (Å²) in [6.45, 7) is 10.1. The Bertz CT molecular complexity index is 355. The summed E-state index contributed by atoms with van der Waals surface area (Å²) in [5, 5.41) is 3.02. The van der Waals surface area contributed by atoms with E-state index in [1.807, 2.05) is 20.8 Å². The molecule has 0 aromatic carbocycles. The van der Waals surface area contributed by atoms with Crippen molar-refractivity contribution >= 4 is 17.2 Å². The summed E-state index contributed by atoms with van der Waals surface area (Å²) in [5.74, 6) is 0.165. The molecule has 1 aromatic rings. The summed E-state index contributed by atoms with van der Waals surface area (Å²) in [6.07, 6.45) is 0. The van der Waals surface area contributed by atoms with Crippen LogP contribution in [0.1, 0.15) is 42.1 Å². The van der Waals surface area contributed by atoms with Gasteiger partial charge in [-0.2, -0.15) is 0 Å². The van der Waals surface area contributed by atoms with Crippen LogP contribution in [0.15, 0.2) is 6.07 Å². The second-order valence-corrected chi connectivity index (χ2v) is 5.71. The molecule has 15 heavy (non-hydrogen) atoms. The molecule has 1 N–H and O–H groups in total. The molecule has 1 unspecified atom stereocenters. The molecule has 0 saturated heterocycles. The third-order valence-electron chi connectivity index (χ3n) is 2.43. The highest BCUT2D eigenvalue weighted by Crippen LogP contribution is 2.26. The maximum Gasteiger partial charge on any atom is 0.223 e. The molecule has 0 aliphatic carbocycles. The highest BCUT2D eigenvalue weighted by atomic mass is 32.1. The summed E-state index contributed by atoms with van der Waals surface area (Å²) in [5.41, 5.74) is 1.24. The minimum absolute atomic E-state index is 0.0486. The lowest BCUT2D eigenvalue weighted by atomic mass is 10.1. The molecule has 1 heterocycles. The van der Waals surface area contributed by atoms with Crippen LogP contribution in [0.2, 0.25) is 0 Å². The Morgan fingerprint density at radius 1 is 1.33 bits per heavy atom. The molecule has 0 saturated carbocycles. The van der Waals surface area contributed by atoms with Gasteiger partial charge in [-0.05, 0) is 32.4 Å². The molecular weight excluding hydrogens is 206 g/mol. The number of hydrogen-bond acceptors (Lipinski definition) is 2. The first kappa shape index (κ1) is 12.2. The molecule has 2 nitrogen and oxygen atoms in total. The summed E-state index contributed by atoms with van der Waals surface area (Å²) >= 11 is 1.78. The Kier molecular flexibility index (Phi) is 3.91.